The van der Waals surface area contributed by atoms with Gasteiger partial charge in [0.15, 0.2) is 0 Å². The van der Waals surface area contributed by atoms with Crippen molar-refractivity contribution in [3.05, 3.63) is 23.0 Å². The molecule has 0 aromatic rings. The third-order valence-corrected chi connectivity index (χ3v) is 2.49. The molecule has 1 heteroatoms. The van der Waals surface area contributed by atoms with Gasteiger partial charge in [0.05, 0.1) is 0 Å². The molecule has 0 aliphatic carbocycles. The lowest BCUT2D eigenvalue weighted by atomic mass is 9.97. The lowest BCUT2D eigenvalue weighted by Gasteiger charge is -2.19. The van der Waals surface area contributed by atoms with E-state index in [4.69, 9.17) is 0 Å². The zero-order chi connectivity index (χ0) is 8.20. The molecule has 0 amide bonds. The Morgan fingerprint density at radius 3 is 2.20 bits per heavy atom. The largest absolute Gasteiger partial charge is 0.103 e. The summed E-state index contributed by atoms with van der Waals surface area (Å²) < 4.78 is 0. The maximum atomic E-state index is 3.98. The molecule has 0 bridgehead atoms. The molecule has 10 heavy (non-hydrogen) atoms. The Hall–Kier alpha value is -0.170. The van der Waals surface area contributed by atoms with E-state index in [9.17, 15) is 0 Å². The first-order chi connectivity index (χ1) is 4.48. The molecule has 0 aliphatic heterocycles. The second-order valence-electron chi connectivity index (χ2n) is 3.26. The van der Waals surface area contributed by atoms with Crippen molar-refractivity contribution in [1.29, 1.82) is 0 Å². The molecule has 0 aliphatic rings. The predicted octanol–water partition coefficient (Wildman–Crippen LogP) is 3.81. The number of allylic oxidation sites excluding steroid dienone is 2. The highest BCUT2D eigenvalue weighted by Crippen LogP contribution is 2.33. The molecule has 0 nitrogen and oxygen atoms in total. The third kappa shape index (κ3) is 3.78. The fourth-order valence-corrected chi connectivity index (χ4v) is 0.981. The molecule has 0 heterocycles. The molecule has 0 atom stereocenters. The highest BCUT2D eigenvalue weighted by atomic mass is 32.2. The summed E-state index contributed by atoms with van der Waals surface area (Å²) in [4.78, 5) is 1.21. The third-order valence-electron chi connectivity index (χ3n) is 1.18. The lowest BCUT2D eigenvalue weighted by molar-refractivity contribution is 0.535. The van der Waals surface area contributed by atoms with Gasteiger partial charge in [-0.2, -0.15) is 0 Å². The molecule has 0 radical (unpaired) electrons. The second-order valence-corrected chi connectivity index (χ2v) is 4.26. The Labute approximate surface area is 68.4 Å². The highest BCUT2D eigenvalue weighted by Gasteiger charge is 2.13. The zero-order valence-corrected chi connectivity index (χ0v) is 8.09. The number of hydrogen-bond acceptors (Lipinski definition) is 1. The number of hydrogen-bond donors (Lipinski definition) is 0. The summed E-state index contributed by atoms with van der Waals surface area (Å²) in [7, 11) is 0. The van der Waals surface area contributed by atoms with E-state index < -0.39 is 0 Å². The Kier molecular flexibility index (Phi) is 3.80. The molecule has 0 N–H and O–H groups in total. The van der Waals surface area contributed by atoms with E-state index in [1.165, 1.54) is 4.91 Å². The average Bonchev–Trinajstić information content (AvgIpc) is 1.80. The van der Waals surface area contributed by atoms with Crippen LogP contribution in [0.3, 0.4) is 0 Å². The van der Waals surface area contributed by atoms with Crippen LogP contribution in [0.1, 0.15) is 27.7 Å². The van der Waals surface area contributed by atoms with Crippen molar-refractivity contribution in [1.82, 2.24) is 0 Å². The van der Waals surface area contributed by atoms with Crippen LogP contribution in [0.15, 0.2) is 23.0 Å². The Morgan fingerprint density at radius 2 is 1.90 bits per heavy atom. The molecule has 0 rings (SSSR count). The van der Waals surface area contributed by atoms with Crippen LogP contribution in [0.4, 0.5) is 0 Å². The van der Waals surface area contributed by atoms with Crippen LogP contribution in [-0.4, -0.2) is 0 Å². The smallest absolute Gasteiger partial charge is 0.00746 e. The summed E-state index contributed by atoms with van der Waals surface area (Å²) in [5.41, 5.74) is 0.226. The van der Waals surface area contributed by atoms with E-state index in [-0.39, 0.29) is 5.41 Å². The van der Waals surface area contributed by atoms with Gasteiger partial charge in [-0.15, -0.1) is 11.8 Å². The van der Waals surface area contributed by atoms with Crippen molar-refractivity contribution in [3.8, 4) is 0 Å². The van der Waals surface area contributed by atoms with Crippen LogP contribution in [0, 0.1) is 5.41 Å². The van der Waals surface area contributed by atoms with E-state index in [1.54, 1.807) is 11.8 Å². The van der Waals surface area contributed by atoms with Crippen molar-refractivity contribution in [2.24, 2.45) is 5.41 Å². The van der Waals surface area contributed by atoms with E-state index in [0.717, 1.165) is 0 Å². The van der Waals surface area contributed by atoms with Gasteiger partial charge in [0.25, 0.3) is 0 Å². The quantitative estimate of drug-likeness (QED) is 0.586. The maximum Gasteiger partial charge on any atom is -0.00746 e. The molecule has 0 aromatic carbocycles. The van der Waals surface area contributed by atoms with Crippen LogP contribution in [0.25, 0.3) is 0 Å². The van der Waals surface area contributed by atoms with Gasteiger partial charge in [-0.25, -0.2) is 0 Å². The maximum absolute atomic E-state index is 3.98. The molecule has 0 saturated heterocycles. The summed E-state index contributed by atoms with van der Waals surface area (Å²) in [5.74, 6) is 0. The summed E-state index contributed by atoms with van der Waals surface area (Å²) in [6, 6.07) is 0. The van der Waals surface area contributed by atoms with Gasteiger partial charge in [-0.05, 0) is 22.7 Å². The van der Waals surface area contributed by atoms with Crippen LogP contribution in [0.5, 0.6) is 0 Å². The van der Waals surface area contributed by atoms with Crippen molar-refractivity contribution in [3.63, 3.8) is 0 Å². The van der Waals surface area contributed by atoms with Crippen LogP contribution in [-0.2, 0) is 0 Å². The van der Waals surface area contributed by atoms with E-state index in [1.807, 2.05) is 13.0 Å². The van der Waals surface area contributed by atoms with E-state index >= 15 is 0 Å². The minimum Gasteiger partial charge on any atom is -0.103 e. The molecular formula is C9H16S. The average molecular weight is 156 g/mol. The first kappa shape index (κ1) is 9.83. The first-order valence-corrected chi connectivity index (χ1v) is 4.33. The van der Waals surface area contributed by atoms with Gasteiger partial charge >= 0.3 is 0 Å². The fraction of sp³-hybridized carbons (Fsp3) is 0.556. The van der Waals surface area contributed by atoms with Crippen molar-refractivity contribution in [2.45, 2.75) is 27.7 Å². The summed E-state index contributed by atoms with van der Waals surface area (Å²) >= 11 is 1.71. The molecule has 0 aromatic heterocycles. The normalized spacial score (nSPS) is 12.4. The minimum atomic E-state index is 0.226. The molecule has 58 valence electrons. The molecular weight excluding hydrogens is 140 g/mol. The summed E-state index contributed by atoms with van der Waals surface area (Å²) in [5, 5.41) is 2.06. The predicted molar refractivity (Wildman–Crippen MR) is 51.0 cm³/mol. The van der Waals surface area contributed by atoms with E-state index in [2.05, 4.69) is 32.8 Å². The summed E-state index contributed by atoms with van der Waals surface area (Å²) in [6.45, 7) is 12.5. The van der Waals surface area contributed by atoms with Crippen molar-refractivity contribution in [2.75, 3.05) is 0 Å². The molecule has 0 fully saturated rings. The van der Waals surface area contributed by atoms with Gasteiger partial charge in [-0.1, -0.05) is 33.4 Å². The van der Waals surface area contributed by atoms with E-state index in [0.29, 0.717) is 0 Å². The first-order valence-electron chi connectivity index (χ1n) is 3.45. The fourth-order valence-electron chi connectivity index (χ4n) is 0.327. The monoisotopic (exact) mass is 156 g/mol. The zero-order valence-electron chi connectivity index (χ0n) is 7.27. The van der Waals surface area contributed by atoms with Gasteiger partial charge in [0.1, 0.15) is 0 Å². The highest BCUT2D eigenvalue weighted by molar-refractivity contribution is 8.05. The SMILES string of the molecule is C=C(S/C=C\C)C(C)(C)C. The lowest BCUT2D eigenvalue weighted by Crippen LogP contribution is -2.04. The Morgan fingerprint density at radius 1 is 1.40 bits per heavy atom. The Bertz CT molecular complexity index is 137. The van der Waals surface area contributed by atoms with Gasteiger partial charge in [0, 0.05) is 0 Å². The minimum absolute atomic E-state index is 0.226. The molecule has 0 saturated carbocycles. The Balaban J connectivity index is 3.86. The molecule has 0 unspecified atom stereocenters. The van der Waals surface area contributed by atoms with Gasteiger partial charge < -0.3 is 0 Å². The summed E-state index contributed by atoms with van der Waals surface area (Å²) in [6.07, 6.45) is 2.03. The van der Waals surface area contributed by atoms with Crippen molar-refractivity contribution >= 4 is 11.8 Å². The second kappa shape index (κ2) is 3.87. The van der Waals surface area contributed by atoms with Gasteiger partial charge in [0.2, 0.25) is 0 Å². The van der Waals surface area contributed by atoms with Crippen molar-refractivity contribution < 1.29 is 0 Å². The number of rotatable bonds is 2. The van der Waals surface area contributed by atoms with Crippen LogP contribution < -0.4 is 0 Å². The van der Waals surface area contributed by atoms with Crippen LogP contribution >= 0.6 is 11.8 Å². The van der Waals surface area contributed by atoms with Gasteiger partial charge in [-0.3, -0.25) is 0 Å². The topological polar surface area (TPSA) is 0 Å². The number of thioether (sulfide) groups is 1. The standard InChI is InChI=1S/C9H16S/c1-6-7-10-8(2)9(3,4)5/h6-7H,2H2,1,3-5H3/b7-6-. The molecule has 0 spiro atoms. The van der Waals surface area contributed by atoms with Crippen LogP contribution in [0.2, 0.25) is 0 Å².